The molecule has 0 radical (unpaired) electrons. The number of fused-ring (bicyclic) bond motifs is 2. The number of hydrogen-bond acceptors (Lipinski definition) is 4. The van der Waals surface area contributed by atoms with Crippen LogP contribution >= 0.6 is 0 Å². The minimum absolute atomic E-state index is 0.230. The van der Waals surface area contributed by atoms with Gasteiger partial charge in [-0.3, -0.25) is 9.48 Å². The summed E-state index contributed by atoms with van der Waals surface area (Å²) in [5, 5.41) is 14.4. The van der Waals surface area contributed by atoms with E-state index in [-0.39, 0.29) is 24.6 Å². The minimum Gasteiger partial charge on any atom is -0.350 e. The van der Waals surface area contributed by atoms with Crippen molar-refractivity contribution < 1.29 is 18.0 Å². The number of alkyl halides is 3. The van der Waals surface area contributed by atoms with Crippen LogP contribution in [0.4, 0.5) is 13.2 Å². The molecule has 28 heavy (non-hydrogen) atoms. The van der Waals surface area contributed by atoms with Crippen LogP contribution in [0.2, 0.25) is 0 Å². The lowest BCUT2D eigenvalue weighted by molar-refractivity contribution is -0.142. The van der Waals surface area contributed by atoms with Crippen LogP contribution in [0.1, 0.15) is 35.4 Å². The van der Waals surface area contributed by atoms with Crippen molar-refractivity contribution in [1.29, 1.82) is 0 Å². The molecule has 0 bridgehead atoms. The molecule has 1 aromatic carbocycles. The molecule has 0 aliphatic heterocycles. The van der Waals surface area contributed by atoms with Crippen LogP contribution in [-0.4, -0.2) is 30.7 Å². The maximum Gasteiger partial charge on any atom is 0.435 e. The van der Waals surface area contributed by atoms with Crippen LogP contribution in [0.5, 0.6) is 0 Å². The van der Waals surface area contributed by atoms with Gasteiger partial charge in [-0.2, -0.15) is 18.3 Å². The zero-order valence-electron chi connectivity index (χ0n) is 15.3. The third-order valence-corrected chi connectivity index (χ3v) is 4.98. The third kappa shape index (κ3) is 3.46. The summed E-state index contributed by atoms with van der Waals surface area (Å²) in [6.07, 6.45) is -2.14. The summed E-state index contributed by atoms with van der Waals surface area (Å²) in [7, 11) is 1.79. The summed E-state index contributed by atoms with van der Waals surface area (Å²) in [6.45, 7) is 0.0206. The minimum atomic E-state index is -4.50. The summed E-state index contributed by atoms with van der Waals surface area (Å²) in [6, 6.07) is 5.53. The Hall–Kier alpha value is -2.91. The Morgan fingerprint density at radius 1 is 1.25 bits per heavy atom. The molecule has 1 amide bonds. The van der Waals surface area contributed by atoms with Crippen LogP contribution in [0.3, 0.4) is 0 Å². The van der Waals surface area contributed by atoms with Gasteiger partial charge in [-0.25, -0.2) is 4.68 Å². The maximum absolute atomic E-state index is 13.2. The van der Waals surface area contributed by atoms with Gasteiger partial charge in [0.2, 0.25) is 5.91 Å². The Labute approximate surface area is 158 Å². The average molecular weight is 392 g/mol. The molecule has 0 unspecified atom stereocenters. The van der Waals surface area contributed by atoms with E-state index in [9.17, 15) is 18.0 Å². The van der Waals surface area contributed by atoms with Crippen molar-refractivity contribution in [2.45, 2.75) is 44.9 Å². The molecule has 3 aromatic rings. The molecular weight excluding hydrogens is 373 g/mol. The highest BCUT2D eigenvalue weighted by Gasteiger charge is 2.39. The first-order valence-corrected chi connectivity index (χ1v) is 9.03. The van der Waals surface area contributed by atoms with E-state index in [0.29, 0.717) is 30.5 Å². The normalized spacial score (nSPS) is 14.3. The Morgan fingerprint density at radius 3 is 2.82 bits per heavy atom. The molecule has 0 fully saturated rings. The summed E-state index contributed by atoms with van der Waals surface area (Å²) in [5.74, 6) is -0.385. The lowest BCUT2D eigenvalue weighted by atomic mass is 9.95. The van der Waals surface area contributed by atoms with Gasteiger partial charge >= 0.3 is 6.18 Å². The van der Waals surface area contributed by atoms with Crippen LogP contribution in [0.15, 0.2) is 18.2 Å². The number of rotatable bonds is 4. The first-order chi connectivity index (χ1) is 13.3. The van der Waals surface area contributed by atoms with E-state index in [1.54, 1.807) is 11.7 Å². The highest BCUT2D eigenvalue weighted by atomic mass is 19.4. The first-order valence-electron chi connectivity index (χ1n) is 9.03. The molecule has 0 spiro atoms. The summed E-state index contributed by atoms with van der Waals surface area (Å²) < 4.78 is 42.6. The molecule has 4 rings (SSSR count). The third-order valence-electron chi connectivity index (χ3n) is 4.98. The van der Waals surface area contributed by atoms with E-state index in [1.807, 2.05) is 18.2 Å². The number of hydrogen-bond donors (Lipinski definition) is 1. The molecule has 0 saturated heterocycles. The van der Waals surface area contributed by atoms with Crippen molar-refractivity contribution in [3.8, 4) is 0 Å². The molecule has 7 nitrogen and oxygen atoms in total. The number of carbonyl (C=O) groups excluding carboxylic acids is 1. The van der Waals surface area contributed by atoms with Crippen molar-refractivity contribution in [2.75, 3.05) is 0 Å². The van der Waals surface area contributed by atoms with E-state index in [4.69, 9.17) is 0 Å². The topological polar surface area (TPSA) is 77.6 Å². The molecule has 148 valence electrons. The fraction of sp³-hybridized carbons (Fsp3) is 0.444. The second-order valence-electron chi connectivity index (χ2n) is 6.95. The predicted molar refractivity (Wildman–Crippen MR) is 94.2 cm³/mol. The molecule has 0 saturated carbocycles. The molecule has 1 aliphatic rings. The predicted octanol–water partition coefficient (Wildman–Crippen LogP) is 2.38. The molecule has 10 heteroatoms. The number of halogens is 3. The zero-order chi connectivity index (χ0) is 19.9. The van der Waals surface area contributed by atoms with Crippen molar-refractivity contribution >= 4 is 16.9 Å². The van der Waals surface area contributed by atoms with Crippen molar-refractivity contribution in [3.05, 3.63) is 40.7 Å². The summed E-state index contributed by atoms with van der Waals surface area (Å²) in [5.41, 5.74) is 2.32. The van der Waals surface area contributed by atoms with E-state index in [0.717, 1.165) is 17.5 Å². The first kappa shape index (κ1) is 18.5. The molecule has 0 atom stereocenters. The SMILES string of the molecule is Cn1nnc2cc(CNC(=O)Cn3nc(C(F)(F)F)c4c3CCCC4)ccc21. The number of amides is 1. The number of benzene rings is 1. The largest absolute Gasteiger partial charge is 0.435 e. The van der Waals surface area contributed by atoms with Crippen molar-refractivity contribution in [3.63, 3.8) is 0 Å². The Kier molecular flexibility index (Phi) is 4.56. The second-order valence-corrected chi connectivity index (χ2v) is 6.95. The highest BCUT2D eigenvalue weighted by Crippen LogP contribution is 2.35. The highest BCUT2D eigenvalue weighted by molar-refractivity contribution is 5.77. The fourth-order valence-corrected chi connectivity index (χ4v) is 3.62. The van der Waals surface area contributed by atoms with E-state index in [2.05, 4.69) is 20.7 Å². The Balaban J connectivity index is 1.46. The van der Waals surface area contributed by atoms with E-state index in [1.165, 1.54) is 4.68 Å². The van der Waals surface area contributed by atoms with Gasteiger partial charge < -0.3 is 5.32 Å². The molecule has 1 aliphatic carbocycles. The van der Waals surface area contributed by atoms with Gasteiger partial charge in [0.05, 0.1) is 5.52 Å². The summed E-state index contributed by atoms with van der Waals surface area (Å²) in [4.78, 5) is 12.3. The zero-order valence-corrected chi connectivity index (χ0v) is 15.3. The number of aryl methyl sites for hydroxylation is 1. The lowest BCUT2D eigenvalue weighted by Gasteiger charge is -2.14. The monoisotopic (exact) mass is 392 g/mol. The number of carbonyl (C=O) groups is 1. The van der Waals surface area contributed by atoms with Gasteiger partial charge in [-0.1, -0.05) is 11.3 Å². The van der Waals surface area contributed by atoms with Gasteiger partial charge in [0, 0.05) is 24.8 Å². The summed E-state index contributed by atoms with van der Waals surface area (Å²) >= 11 is 0. The number of nitrogens with one attached hydrogen (secondary N) is 1. The Bertz CT molecular complexity index is 1040. The standard InChI is InChI=1S/C18H19F3N6O/c1-26-15-7-6-11(8-13(15)23-25-26)9-22-16(28)10-27-14-5-3-2-4-12(14)17(24-27)18(19,20)21/h6-8H,2-5,9-10H2,1H3,(H,22,28). The second kappa shape index (κ2) is 6.92. The van der Waals surface area contributed by atoms with Crippen molar-refractivity contribution in [2.24, 2.45) is 7.05 Å². The smallest absolute Gasteiger partial charge is 0.350 e. The number of aromatic nitrogens is 5. The van der Waals surface area contributed by atoms with Crippen molar-refractivity contribution in [1.82, 2.24) is 30.1 Å². The van der Waals surface area contributed by atoms with Crippen LogP contribution < -0.4 is 5.32 Å². The molecular formula is C18H19F3N6O. The van der Waals surface area contributed by atoms with Gasteiger partial charge in [0.15, 0.2) is 5.69 Å². The molecule has 1 N–H and O–H groups in total. The van der Waals surface area contributed by atoms with E-state index >= 15 is 0 Å². The molecule has 2 aromatic heterocycles. The maximum atomic E-state index is 13.2. The van der Waals surface area contributed by atoms with Gasteiger partial charge in [0.1, 0.15) is 12.1 Å². The van der Waals surface area contributed by atoms with Gasteiger partial charge in [-0.15, -0.1) is 5.10 Å². The van der Waals surface area contributed by atoms with Gasteiger partial charge in [0.25, 0.3) is 0 Å². The number of nitrogens with zero attached hydrogens (tertiary/aromatic N) is 5. The average Bonchev–Trinajstić information content (AvgIpc) is 3.21. The van der Waals surface area contributed by atoms with Crippen LogP contribution in [0, 0.1) is 0 Å². The van der Waals surface area contributed by atoms with Crippen LogP contribution in [-0.2, 0) is 43.9 Å². The van der Waals surface area contributed by atoms with Crippen LogP contribution in [0.25, 0.3) is 11.0 Å². The Morgan fingerprint density at radius 2 is 2.04 bits per heavy atom. The lowest BCUT2D eigenvalue weighted by Crippen LogP contribution is -2.28. The quantitative estimate of drug-likeness (QED) is 0.740. The van der Waals surface area contributed by atoms with Gasteiger partial charge in [-0.05, 0) is 43.4 Å². The van der Waals surface area contributed by atoms with E-state index < -0.39 is 11.9 Å². The molecule has 2 heterocycles. The fourth-order valence-electron chi connectivity index (χ4n) is 3.62.